The molecule has 2 heterocycles. The predicted molar refractivity (Wildman–Crippen MR) is 98.3 cm³/mol. The number of alkyl halides is 3. The number of rotatable bonds is 5. The minimum atomic E-state index is -4.58. The molecule has 26 heavy (non-hydrogen) atoms. The number of anilines is 1. The Kier molecular flexibility index (Phi) is 5.16. The maximum absolute atomic E-state index is 13.5. The molecule has 0 atom stereocenters. The number of fused-ring (bicyclic) bond motifs is 1. The molecule has 138 valence electrons. The Hall–Kier alpha value is -2.18. The number of hydrogen-bond donors (Lipinski definition) is 3. The van der Waals surface area contributed by atoms with E-state index in [2.05, 4.69) is 33.6 Å². The van der Waals surface area contributed by atoms with Gasteiger partial charge >= 0.3 is 6.18 Å². The Morgan fingerprint density at radius 3 is 2.69 bits per heavy atom. The third-order valence-corrected chi connectivity index (χ3v) is 5.26. The van der Waals surface area contributed by atoms with Crippen molar-refractivity contribution in [3.05, 3.63) is 36.2 Å². The van der Waals surface area contributed by atoms with Crippen molar-refractivity contribution in [3.8, 4) is 11.3 Å². The van der Waals surface area contributed by atoms with Gasteiger partial charge in [-0.3, -0.25) is 0 Å². The number of H-pyrrole nitrogens is 1. The van der Waals surface area contributed by atoms with Crippen molar-refractivity contribution in [2.24, 2.45) is 0 Å². The molecule has 3 aromatic rings. The zero-order valence-corrected chi connectivity index (χ0v) is 15.1. The van der Waals surface area contributed by atoms with E-state index < -0.39 is 19.7 Å². The fraction of sp³-hybridized carbons (Fsp3) is 0.294. The lowest BCUT2D eigenvalue weighted by Gasteiger charge is -2.13. The van der Waals surface area contributed by atoms with E-state index in [1.807, 2.05) is 12.1 Å². The van der Waals surface area contributed by atoms with Gasteiger partial charge in [-0.1, -0.05) is 26.1 Å². The molecule has 2 aromatic heterocycles. The number of aliphatic hydroxyl groups excluding tert-OH is 1. The van der Waals surface area contributed by atoms with Crippen LogP contribution in [0.3, 0.4) is 0 Å². The Bertz CT molecular complexity index is 924. The highest BCUT2D eigenvalue weighted by Gasteiger charge is 2.36. The lowest BCUT2D eigenvalue weighted by atomic mass is 10.1. The van der Waals surface area contributed by atoms with Gasteiger partial charge in [-0.15, -0.1) is 0 Å². The van der Waals surface area contributed by atoms with Gasteiger partial charge < -0.3 is 15.4 Å². The molecule has 0 fully saturated rings. The van der Waals surface area contributed by atoms with Gasteiger partial charge in [-0.2, -0.15) is 13.2 Å². The van der Waals surface area contributed by atoms with E-state index in [1.54, 1.807) is 12.3 Å². The minimum absolute atomic E-state index is 0.0424. The standard InChI is InChI=1S/C17H18F3N4OP/c1-26(2)13-5-3-4-10-11(8-22-15(10)13)14-12(17(18,19)20)9-23-16(24-14)21-6-7-25/h3-5,8-9,22,25H,6-7H2,1-2H3,(H,21,23,24). The van der Waals surface area contributed by atoms with Crippen LogP contribution in [0, 0.1) is 0 Å². The van der Waals surface area contributed by atoms with Gasteiger partial charge in [-0.25, -0.2) is 9.97 Å². The van der Waals surface area contributed by atoms with Gasteiger partial charge in [0.15, 0.2) is 0 Å². The Morgan fingerprint density at radius 1 is 1.27 bits per heavy atom. The van der Waals surface area contributed by atoms with Crippen molar-refractivity contribution in [1.29, 1.82) is 0 Å². The topological polar surface area (TPSA) is 73.8 Å². The summed E-state index contributed by atoms with van der Waals surface area (Å²) in [5.41, 5.74) is 0.122. The quantitative estimate of drug-likeness (QED) is 0.592. The monoisotopic (exact) mass is 382 g/mol. The molecule has 0 spiro atoms. The van der Waals surface area contributed by atoms with Crippen LogP contribution in [0.2, 0.25) is 0 Å². The zero-order valence-electron chi connectivity index (χ0n) is 14.2. The molecule has 5 nitrogen and oxygen atoms in total. The largest absolute Gasteiger partial charge is 0.419 e. The second-order valence-corrected chi connectivity index (χ2v) is 8.17. The fourth-order valence-electron chi connectivity index (χ4n) is 2.75. The molecule has 0 radical (unpaired) electrons. The van der Waals surface area contributed by atoms with Crippen LogP contribution in [0.15, 0.2) is 30.6 Å². The number of para-hydroxylation sites is 1. The van der Waals surface area contributed by atoms with Crippen molar-refractivity contribution < 1.29 is 18.3 Å². The first-order valence-corrected chi connectivity index (χ1v) is 10.1. The first-order valence-electron chi connectivity index (χ1n) is 7.89. The molecule has 0 saturated heterocycles. The van der Waals surface area contributed by atoms with Crippen LogP contribution in [0.5, 0.6) is 0 Å². The molecule has 0 aliphatic rings. The van der Waals surface area contributed by atoms with Gasteiger partial charge in [-0.05, 0) is 18.6 Å². The van der Waals surface area contributed by atoms with Crippen LogP contribution in [-0.4, -0.2) is 46.5 Å². The lowest BCUT2D eigenvalue weighted by molar-refractivity contribution is -0.137. The summed E-state index contributed by atoms with van der Waals surface area (Å²) >= 11 is 0. The molecule has 3 rings (SSSR count). The number of nitrogens with one attached hydrogen (secondary N) is 2. The van der Waals surface area contributed by atoms with Gasteiger partial charge in [0.1, 0.15) is 5.56 Å². The van der Waals surface area contributed by atoms with Crippen LogP contribution in [0.25, 0.3) is 22.2 Å². The summed E-state index contributed by atoms with van der Waals surface area (Å²) in [5.74, 6) is 0.0424. The van der Waals surface area contributed by atoms with Crippen LogP contribution in [0.4, 0.5) is 19.1 Å². The SMILES string of the molecule is CP(C)c1cccc2c(-c3nc(NCCO)ncc3C(F)(F)F)c[nH]c12. The summed E-state index contributed by atoms with van der Waals surface area (Å²) in [6.07, 6.45) is -2.24. The van der Waals surface area contributed by atoms with E-state index in [-0.39, 0.29) is 24.8 Å². The Morgan fingerprint density at radius 2 is 2.04 bits per heavy atom. The van der Waals surface area contributed by atoms with Crippen molar-refractivity contribution in [1.82, 2.24) is 15.0 Å². The normalized spacial score (nSPS) is 12.1. The average Bonchev–Trinajstić information content (AvgIpc) is 3.02. The van der Waals surface area contributed by atoms with E-state index >= 15 is 0 Å². The third kappa shape index (κ3) is 3.52. The maximum Gasteiger partial charge on any atom is 0.419 e. The third-order valence-electron chi connectivity index (χ3n) is 3.92. The molecule has 0 amide bonds. The molecular formula is C17H18F3N4OP. The predicted octanol–water partition coefficient (Wildman–Crippen LogP) is 3.41. The molecule has 0 bridgehead atoms. The van der Waals surface area contributed by atoms with Gasteiger partial charge in [0.05, 0.1) is 17.8 Å². The Labute approximate surface area is 149 Å². The van der Waals surface area contributed by atoms with E-state index in [0.29, 0.717) is 10.9 Å². The molecule has 0 unspecified atom stereocenters. The number of aromatic nitrogens is 3. The van der Waals surface area contributed by atoms with Gasteiger partial charge in [0, 0.05) is 29.9 Å². The molecule has 0 aliphatic heterocycles. The highest BCUT2D eigenvalue weighted by Crippen LogP contribution is 2.39. The van der Waals surface area contributed by atoms with Crippen LogP contribution in [0.1, 0.15) is 5.56 Å². The fourth-order valence-corrected chi connectivity index (χ4v) is 3.77. The van der Waals surface area contributed by atoms with Crippen molar-refractivity contribution in [2.45, 2.75) is 6.18 Å². The number of aromatic amines is 1. The molecule has 0 aliphatic carbocycles. The number of benzene rings is 1. The van der Waals surface area contributed by atoms with Crippen LogP contribution in [-0.2, 0) is 6.18 Å². The molecule has 0 saturated carbocycles. The van der Waals surface area contributed by atoms with E-state index in [1.165, 1.54) is 0 Å². The summed E-state index contributed by atoms with van der Waals surface area (Å²) in [4.78, 5) is 10.9. The summed E-state index contributed by atoms with van der Waals surface area (Å²) < 4.78 is 40.5. The summed E-state index contributed by atoms with van der Waals surface area (Å²) in [5, 5.41) is 13.4. The Balaban J connectivity index is 2.21. The highest BCUT2D eigenvalue weighted by molar-refractivity contribution is 7.64. The van der Waals surface area contributed by atoms with Crippen LogP contribution < -0.4 is 10.6 Å². The smallest absolute Gasteiger partial charge is 0.395 e. The maximum atomic E-state index is 13.5. The van der Waals surface area contributed by atoms with Crippen molar-refractivity contribution in [3.63, 3.8) is 0 Å². The van der Waals surface area contributed by atoms with E-state index in [4.69, 9.17) is 5.11 Å². The summed E-state index contributed by atoms with van der Waals surface area (Å²) in [6.45, 7) is 4.16. The molecule has 1 aromatic carbocycles. The van der Waals surface area contributed by atoms with Crippen LogP contribution >= 0.6 is 7.92 Å². The highest BCUT2D eigenvalue weighted by atomic mass is 31.1. The van der Waals surface area contributed by atoms with Gasteiger partial charge in [0.2, 0.25) is 5.95 Å². The zero-order chi connectivity index (χ0) is 18.9. The summed E-state index contributed by atoms with van der Waals surface area (Å²) in [7, 11) is -0.422. The average molecular weight is 382 g/mol. The number of aliphatic hydroxyl groups is 1. The van der Waals surface area contributed by atoms with Crippen molar-refractivity contribution >= 4 is 30.1 Å². The number of nitrogens with zero attached hydrogens (tertiary/aromatic N) is 2. The second kappa shape index (κ2) is 7.21. The molecule has 3 N–H and O–H groups in total. The second-order valence-electron chi connectivity index (χ2n) is 5.90. The van der Waals surface area contributed by atoms with E-state index in [9.17, 15) is 13.2 Å². The van der Waals surface area contributed by atoms with E-state index in [0.717, 1.165) is 17.0 Å². The molecule has 9 heteroatoms. The number of halogens is 3. The van der Waals surface area contributed by atoms with Gasteiger partial charge in [0.25, 0.3) is 0 Å². The first-order chi connectivity index (χ1) is 12.3. The summed E-state index contributed by atoms with van der Waals surface area (Å²) in [6, 6.07) is 5.61. The van der Waals surface area contributed by atoms with Crippen molar-refractivity contribution in [2.75, 3.05) is 31.8 Å². The number of hydrogen-bond acceptors (Lipinski definition) is 4. The molecular weight excluding hydrogens is 364 g/mol. The first kappa shape index (κ1) is 18.6. The minimum Gasteiger partial charge on any atom is -0.395 e. The lowest BCUT2D eigenvalue weighted by Crippen LogP contribution is -2.13.